The fourth-order valence-electron chi connectivity index (χ4n) is 3.31. The number of hydrogen-bond acceptors (Lipinski definition) is 4. The van der Waals surface area contributed by atoms with Crippen molar-refractivity contribution >= 4 is 5.84 Å². The van der Waals surface area contributed by atoms with Crippen LogP contribution in [0.2, 0.25) is 0 Å². The lowest BCUT2D eigenvalue weighted by Crippen LogP contribution is -2.46. The fourth-order valence-corrected chi connectivity index (χ4v) is 3.31. The van der Waals surface area contributed by atoms with E-state index in [-0.39, 0.29) is 11.2 Å². The van der Waals surface area contributed by atoms with E-state index in [9.17, 15) is 5.11 Å². The zero-order valence-corrected chi connectivity index (χ0v) is 15.0. The predicted octanol–water partition coefficient (Wildman–Crippen LogP) is 4.03. The molecule has 2 aliphatic heterocycles. The topological polar surface area (TPSA) is 39.1 Å². The van der Waals surface area contributed by atoms with E-state index in [1.54, 1.807) is 6.20 Å². The standard InChI is InChI=1S/C20H27N3O/c1-15(2)22-10-11-23-17(14-22)18(24)13-21-19(23)12-20(3,4)16-8-6-5-7-9-16/h5-9,13-15,24H,10-12H2,1-4H3. The molecular weight excluding hydrogens is 298 g/mol. The van der Waals surface area contributed by atoms with E-state index in [1.807, 2.05) is 6.07 Å². The molecular formula is C20H27N3O. The molecule has 4 heteroatoms. The molecule has 0 spiro atoms. The Bertz CT molecular complexity index is 686. The van der Waals surface area contributed by atoms with Gasteiger partial charge >= 0.3 is 0 Å². The van der Waals surface area contributed by atoms with Crippen LogP contribution in [-0.2, 0) is 5.41 Å². The number of fused-ring (bicyclic) bond motifs is 1. The first-order valence-electron chi connectivity index (χ1n) is 8.65. The summed E-state index contributed by atoms with van der Waals surface area (Å²) in [6, 6.07) is 11.0. The SMILES string of the molecule is CC(C)N1C=C2C(O)=CN=C(CC(C)(C)c3ccccc3)N2CC1. The van der Waals surface area contributed by atoms with Gasteiger partial charge in [0.05, 0.1) is 6.20 Å². The van der Waals surface area contributed by atoms with Gasteiger partial charge in [-0.25, -0.2) is 4.99 Å². The normalized spacial score (nSPS) is 18.1. The Morgan fingerprint density at radius 2 is 1.88 bits per heavy atom. The highest BCUT2D eigenvalue weighted by molar-refractivity contribution is 5.87. The van der Waals surface area contributed by atoms with Gasteiger partial charge in [-0.2, -0.15) is 0 Å². The van der Waals surface area contributed by atoms with E-state index in [0.29, 0.717) is 6.04 Å². The number of hydrogen-bond donors (Lipinski definition) is 1. The maximum absolute atomic E-state index is 10.3. The highest BCUT2D eigenvalue weighted by Gasteiger charge is 2.32. The first-order chi connectivity index (χ1) is 11.4. The van der Waals surface area contributed by atoms with Gasteiger partial charge in [-0.05, 0) is 24.8 Å². The van der Waals surface area contributed by atoms with Crippen LogP contribution in [0.4, 0.5) is 0 Å². The van der Waals surface area contributed by atoms with Crippen LogP contribution in [0, 0.1) is 0 Å². The third-order valence-electron chi connectivity index (χ3n) is 4.89. The number of amidine groups is 1. The molecule has 1 aromatic carbocycles. The quantitative estimate of drug-likeness (QED) is 0.908. The summed E-state index contributed by atoms with van der Waals surface area (Å²) in [5, 5.41) is 10.3. The number of benzene rings is 1. The summed E-state index contributed by atoms with van der Waals surface area (Å²) in [6.07, 6.45) is 4.48. The molecule has 0 radical (unpaired) electrons. The Morgan fingerprint density at radius 1 is 1.17 bits per heavy atom. The molecule has 128 valence electrons. The second-order valence-electron chi connectivity index (χ2n) is 7.48. The predicted molar refractivity (Wildman–Crippen MR) is 98.9 cm³/mol. The number of aliphatic hydroxyl groups excluding tert-OH is 1. The minimum atomic E-state index is -0.0127. The van der Waals surface area contributed by atoms with Gasteiger partial charge in [0.25, 0.3) is 0 Å². The number of aliphatic hydroxyl groups is 1. The van der Waals surface area contributed by atoms with E-state index in [4.69, 9.17) is 0 Å². The van der Waals surface area contributed by atoms with Crippen LogP contribution in [-0.4, -0.2) is 39.9 Å². The van der Waals surface area contributed by atoms with E-state index in [0.717, 1.165) is 31.0 Å². The van der Waals surface area contributed by atoms with Gasteiger partial charge < -0.3 is 14.9 Å². The summed E-state index contributed by atoms with van der Waals surface area (Å²) < 4.78 is 0. The molecule has 0 amide bonds. The van der Waals surface area contributed by atoms with Crippen molar-refractivity contribution in [3.05, 3.63) is 59.8 Å². The lowest BCUT2D eigenvalue weighted by molar-refractivity contribution is 0.240. The Morgan fingerprint density at radius 3 is 2.54 bits per heavy atom. The van der Waals surface area contributed by atoms with Crippen LogP contribution in [0.3, 0.4) is 0 Å². The van der Waals surface area contributed by atoms with Crippen LogP contribution in [0.5, 0.6) is 0 Å². The van der Waals surface area contributed by atoms with E-state index in [2.05, 4.69) is 73.0 Å². The lowest BCUT2D eigenvalue weighted by Gasteiger charge is -2.41. The van der Waals surface area contributed by atoms with E-state index in [1.165, 1.54) is 5.56 Å². The van der Waals surface area contributed by atoms with Gasteiger partial charge in [-0.15, -0.1) is 0 Å². The molecule has 0 aliphatic carbocycles. The van der Waals surface area contributed by atoms with E-state index >= 15 is 0 Å². The van der Waals surface area contributed by atoms with Crippen molar-refractivity contribution in [1.82, 2.24) is 9.80 Å². The monoisotopic (exact) mass is 325 g/mol. The van der Waals surface area contributed by atoms with Crippen LogP contribution in [0.15, 0.2) is 59.2 Å². The molecule has 0 unspecified atom stereocenters. The Hall–Kier alpha value is -2.23. The molecule has 0 atom stereocenters. The Kier molecular flexibility index (Phi) is 4.39. The summed E-state index contributed by atoms with van der Waals surface area (Å²) in [6.45, 7) is 10.6. The average Bonchev–Trinajstić information content (AvgIpc) is 2.58. The molecule has 0 bridgehead atoms. The summed E-state index contributed by atoms with van der Waals surface area (Å²) in [7, 11) is 0. The highest BCUT2D eigenvalue weighted by Crippen LogP contribution is 2.32. The summed E-state index contributed by atoms with van der Waals surface area (Å²) in [5.41, 5.74) is 2.16. The molecule has 0 saturated heterocycles. The molecule has 1 N–H and O–H groups in total. The lowest BCUT2D eigenvalue weighted by atomic mass is 9.81. The maximum Gasteiger partial charge on any atom is 0.159 e. The van der Waals surface area contributed by atoms with Crippen LogP contribution in [0.25, 0.3) is 0 Å². The van der Waals surface area contributed by atoms with Crippen LogP contribution >= 0.6 is 0 Å². The van der Waals surface area contributed by atoms with Crippen molar-refractivity contribution in [3.8, 4) is 0 Å². The molecule has 2 aliphatic rings. The summed E-state index contributed by atoms with van der Waals surface area (Å²) in [5.74, 6) is 1.28. The van der Waals surface area contributed by atoms with Crippen molar-refractivity contribution in [3.63, 3.8) is 0 Å². The third kappa shape index (κ3) is 3.18. The van der Waals surface area contributed by atoms with Gasteiger partial charge in [0.2, 0.25) is 0 Å². The molecule has 0 fully saturated rings. The van der Waals surface area contributed by atoms with Crippen molar-refractivity contribution < 1.29 is 5.11 Å². The summed E-state index contributed by atoms with van der Waals surface area (Å²) >= 11 is 0. The molecule has 3 rings (SSSR count). The minimum absolute atomic E-state index is 0.0127. The number of aliphatic imine (C=N–C) groups is 1. The van der Waals surface area contributed by atoms with Gasteiger partial charge in [0, 0.05) is 31.8 Å². The smallest absolute Gasteiger partial charge is 0.159 e. The van der Waals surface area contributed by atoms with Crippen molar-refractivity contribution in [2.75, 3.05) is 13.1 Å². The highest BCUT2D eigenvalue weighted by atomic mass is 16.3. The first kappa shape index (κ1) is 16.6. The van der Waals surface area contributed by atoms with Crippen molar-refractivity contribution in [2.24, 2.45) is 4.99 Å². The second kappa shape index (κ2) is 6.34. The first-order valence-corrected chi connectivity index (χ1v) is 8.65. The average molecular weight is 325 g/mol. The molecule has 2 heterocycles. The van der Waals surface area contributed by atoms with Crippen LogP contribution < -0.4 is 0 Å². The van der Waals surface area contributed by atoms with Gasteiger partial charge in [0.1, 0.15) is 11.5 Å². The van der Waals surface area contributed by atoms with Crippen LogP contribution in [0.1, 0.15) is 39.7 Å². The molecule has 24 heavy (non-hydrogen) atoms. The van der Waals surface area contributed by atoms with Gasteiger partial charge in [0.15, 0.2) is 5.76 Å². The number of nitrogens with zero attached hydrogens (tertiary/aromatic N) is 3. The van der Waals surface area contributed by atoms with Crippen molar-refractivity contribution in [1.29, 1.82) is 0 Å². The largest absolute Gasteiger partial charge is 0.504 e. The Balaban J connectivity index is 1.86. The Labute approximate surface area is 144 Å². The molecule has 0 saturated carbocycles. The molecule has 1 aromatic rings. The van der Waals surface area contributed by atoms with Gasteiger partial charge in [-0.1, -0.05) is 44.2 Å². The molecule has 0 aromatic heterocycles. The zero-order valence-electron chi connectivity index (χ0n) is 15.0. The summed E-state index contributed by atoms with van der Waals surface area (Å²) in [4.78, 5) is 8.98. The second-order valence-corrected chi connectivity index (χ2v) is 7.48. The third-order valence-corrected chi connectivity index (χ3v) is 4.89. The fraction of sp³-hybridized carbons (Fsp3) is 0.450. The van der Waals surface area contributed by atoms with Crippen molar-refractivity contribution in [2.45, 2.75) is 45.6 Å². The van der Waals surface area contributed by atoms with E-state index < -0.39 is 0 Å². The maximum atomic E-state index is 10.3. The molecule has 4 nitrogen and oxygen atoms in total. The zero-order chi connectivity index (χ0) is 17.3. The van der Waals surface area contributed by atoms with Gasteiger partial charge in [-0.3, -0.25) is 0 Å². The number of rotatable bonds is 4. The minimum Gasteiger partial charge on any atom is -0.504 e.